The van der Waals surface area contributed by atoms with Crippen molar-refractivity contribution >= 4 is 21.5 Å². The number of rotatable bonds is 7. The van der Waals surface area contributed by atoms with Crippen LogP contribution in [0.4, 0.5) is 0 Å². The highest BCUT2D eigenvalue weighted by atomic mass is 32.2. The number of sulfone groups is 1. The second-order valence-electron chi connectivity index (χ2n) is 7.40. The van der Waals surface area contributed by atoms with E-state index in [1.807, 2.05) is 42.5 Å². The van der Waals surface area contributed by atoms with E-state index in [0.717, 1.165) is 16.7 Å². The minimum atomic E-state index is -3.45. The number of aliphatic hydroxyl groups is 2. The van der Waals surface area contributed by atoms with E-state index in [4.69, 9.17) is 0 Å². The summed E-state index contributed by atoms with van der Waals surface area (Å²) in [5, 5.41) is 29.0. The molecule has 0 aromatic heterocycles. The molecule has 5 nitrogen and oxygen atoms in total. The maximum absolute atomic E-state index is 12.2. The molecule has 3 N–H and O–H groups in total. The van der Waals surface area contributed by atoms with E-state index < -0.39 is 27.8 Å². The third kappa shape index (κ3) is 4.96. The molecule has 0 amide bonds. The third-order valence-electron chi connectivity index (χ3n) is 5.26. The molecule has 0 saturated carbocycles. The fourth-order valence-electron chi connectivity index (χ4n) is 3.88. The minimum absolute atomic E-state index is 0.116. The average Bonchev–Trinajstić information content (AvgIpc) is 2.93. The van der Waals surface area contributed by atoms with Gasteiger partial charge in [-0.25, -0.2) is 8.42 Å². The lowest BCUT2D eigenvalue weighted by Crippen LogP contribution is -2.29. The Hall–Kier alpha value is -2.41. The van der Waals surface area contributed by atoms with Gasteiger partial charge in [0.2, 0.25) is 0 Å². The Bertz CT molecular complexity index is 1020. The van der Waals surface area contributed by atoms with Crippen molar-refractivity contribution in [3.8, 4) is 5.75 Å². The van der Waals surface area contributed by atoms with Crippen LogP contribution in [-0.2, 0) is 9.84 Å². The van der Waals surface area contributed by atoms with E-state index in [0.29, 0.717) is 24.0 Å². The van der Waals surface area contributed by atoms with Gasteiger partial charge < -0.3 is 15.3 Å². The number of allylic oxidation sites excluding steroid dienone is 1. The predicted molar refractivity (Wildman–Crippen MR) is 115 cm³/mol. The Labute approximate surface area is 171 Å². The molecular weight excluding hydrogens is 388 g/mol. The van der Waals surface area contributed by atoms with Crippen LogP contribution in [0.3, 0.4) is 0 Å². The molecule has 0 saturated heterocycles. The lowest BCUT2D eigenvalue weighted by Gasteiger charge is -2.19. The van der Waals surface area contributed by atoms with Gasteiger partial charge in [-0.3, -0.25) is 0 Å². The van der Waals surface area contributed by atoms with Gasteiger partial charge in [0.25, 0.3) is 0 Å². The first-order valence-corrected chi connectivity index (χ1v) is 11.3. The third-order valence-corrected chi connectivity index (χ3v) is 7.36. The number of hydrogen-bond acceptors (Lipinski definition) is 5. The van der Waals surface area contributed by atoms with Gasteiger partial charge in [0, 0.05) is 0 Å². The molecule has 6 heteroatoms. The van der Waals surface area contributed by atoms with Gasteiger partial charge in [0.15, 0.2) is 9.84 Å². The lowest BCUT2D eigenvalue weighted by molar-refractivity contribution is 0.190. The first kappa shape index (κ1) is 21.3. The zero-order chi connectivity index (χ0) is 21.0. The zero-order valence-electron chi connectivity index (χ0n) is 16.3. The van der Waals surface area contributed by atoms with Crippen molar-refractivity contribution in [2.75, 3.05) is 12.4 Å². The topological polar surface area (TPSA) is 94.8 Å². The van der Waals surface area contributed by atoms with E-state index >= 15 is 0 Å². The zero-order valence-corrected chi connectivity index (χ0v) is 17.1. The summed E-state index contributed by atoms with van der Waals surface area (Å²) in [6.45, 7) is 1.18. The molecule has 0 spiro atoms. The highest BCUT2D eigenvalue weighted by Gasteiger charge is 2.39. The van der Waals surface area contributed by atoms with E-state index in [1.165, 1.54) is 0 Å². The Morgan fingerprint density at radius 2 is 1.90 bits per heavy atom. The Kier molecular flexibility index (Phi) is 6.57. The van der Waals surface area contributed by atoms with Crippen molar-refractivity contribution in [3.05, 3.63) is 76.9 Å². The van der Waals surface area contributed by atoms with Crippen molar-refractivity contribution in [2.24, 2.45) is 0 Å². The van der Waals surface area contributed by atoms with Crippen LogP contribution >= 0.6 is 0 Å². The summed E-state index contributed by atoms with van der Waals surface area (Å²) in [4.78, 5) is 0. The molecule has 1 heterocycles. The maximum Gasteiger partial charge on any atom is 0.163 e. The molecule has 1 aliphatic heterocycles. The van der Waals surface area contributed by atoms with Gasteiger partial charge in [-0.05, 0) is 54.2 Å². The molecule has 0 unspecified atom stereocenters. The van der Waals surface area contributed by atoms with Gasteiger partial charge in [-0.1, -0.05) is 54.1 Å². The van der Waals surface area contributed by atoms with E-state index in [9.17, 15) is 23.7 Å². The minimum Gasteiger partial charge on any atom is -0.508 e. The van der Waals surface area contributed by atoms with Crippen molar-refractivity contribution in [1.82, 2.24) is 0 Å². The highest BCUT2D eigenvalue weighted by molar-refractivity contribution is 7.92. The summed E-state index contributed by atoms with van der Waals surface area (Å²) < 4.78 is 24.4. The van der Waals surface area contributed by atoms with Crippen LogP contribution in [-0.4, -0.2) is 47.5 Å². The van der Waals surface area contributed by atoms with Crippen molar-refractivity contribution in [3.63, 3.8) is 0 Å². The first-order chi connectivity index (χ1) is 13.8. The SMILES string of the molecule is CC1=C([C@H](O)CC/C(=C/c2cccc(O)c2)c2ccccc2)[C@H](CO)S(=O)(=O)C1. The lowest BCUT2D eigenvalue weighted by atomic mass is 9.92. The average molecular weight is 415 g/mol. The summed E-state index contributed by atoms with van der Waals surface area (Å²) in [5.41, 5.74) is 3.85. The molecule has 29 heavy (non-hydrogen) atoms. The number of hydrogen-bond donors (Lipinski definition) is 3. The number of phenols is 1. The largest absolute Gasteiger partial charge is 0.508 e. The standard InChI is InChI=1S/C23H26O5S/c1-16-15-29(27,28)22(14-24)23(16)21(26)11-10-19(18-7-3-2-4-8-18)12-17-6-5-9-20(25)13-17/h2-9,12-13,21-22,24-26H,10-11,14-15H2,1H3/b19-12-/t21-,22+/m1/s1. The number of aliphatic hydroxyl groups excluding tert-OH is 2. The van der Waals surface area contributed by atoms with Crippen LogP contribution in [0.15, 0.2) is 65.7 Å². The smallest absolute Gasteiger partial charge is 0.163 e. The van der Waals surface area contributed by atoms with Gasteiger partial charge >= 0.3 is 0 Å². The molecule has 1 aliphatic rings. The molecule has 0 radical (unpaired) electrons. The van der Waals surface area contributed by atoms with Crippen LogP contribution in [0.2, 0.25) is 0 Å². The fraction of sp³-hybridized carbons (Fsp3) is 0.304. The van der Waals surface area contributed by atoms with Gasteiger partial charge in [-0.15, -0.1) is 0 Å². The predicted octanol–water partition coefficient (Wildman–Crippen LogP) is 3.18. The number of aromatic hydroxyl groups is 1. The van der Waals surface area contributed by atoms with Gasteiger partial charge in [0.05, 0.1) is 18.5 Å². The normalized spacial score (nSPS) is 20.1. The highest BCUT2D eigenvalue weighted by Crippen LogP contribution is 2.33. The Morgan fingerprint density at radius 1 is 1.17 bits per heavy atom. The number of phenolic OH excluding ortho intramolecular Hbond substituents is 1. The second-order valence-corrected chi connectivity index (χ2v) is 9.58. The van der Waals surface area contributed by atoms with Crippen molar-refractivity contribution in [2.45, 2.75) is 31.1 Å². The molecule has 2 aromatic rings. The monoisotopic (exact) mass is 414 g/mol. The second kappa shape index (κ2) is 8.95. The van der Waals surface area contributed by atoms with Crippen molar-refractivity contribution < 1.29 is 23.7 Å². The number of benzene rings is 2. The fourth-order valence-corrected chi connectivity index (χ4v) is 5.82. The first-order valence-electron chi connectivity index (χ1n) is 9.57. The van der Waals surface area contributed by atoms with E-state index in [1.54, 1.807) is 25.1 Å². The maximum atomic E-state index is 12.2. The molecule has 2 aromatic carbocycles. The van der Waals surface area contributed by atoms with Crippen LogP contribution in [0.25, 0.3) is 11.6 Å². The van der Waals surface area contributed by atoms with E-state index in [2.05, 4.69) is 0 Å². The summed E-state index contributed by atoms with van der Waals surface area (Å²) in [6.07, 6.45) is 1.85. The quantitative estimate of drug-likeness (QED) is 0.478. The van der Waals surface area contributed by atoms with E-state index in [-0.39, 0.29) is 11.5 Å². The Morgan fingerprint density at radius 3 is 2.55 bits per heavy atom. The molecule has 0 bridgehead atoms. The van der Waals surface area contributed by atoms with Crippen LogP contribution < -0.4 is 0 Å². The van der Waals surface area contributed by atoms with Crippen LogP contribution in [0.1, 0.15) is 30.9 Å². The summed E-state index contributed by atoms with van der Waals surface area (Å²) in [7, 11) is -3.45. The molecule has 0 fully saturated rings. The van der Waals surface area contributed by atoms with Crippen LogP contribution in [0.5, 0.6) is 5.75 Å². The van der Waals surface area contributed by atoms with Gasteiger partial charge in [0.1, 0.15) is 11.0 Å². The van der Waals surface area contributed by atoms with Gasteiger partial charge in [-0.2, -0.15) is 0 Å². The summed E-state index contributed by atoms with van der Waals surface area (Å²) >= 11 is 0. The molecular formula is C23H26O5S. The summed E-state index contributed by atoms with van der Waals surface area (Å²) in [5.74, 6) is 0.0592. The molecule has 0 aliphatic carbocycles. The van der Waals surface area contributed by atoms with Crippen LogP contribution in [0, 0.1) is 0 Å². The van der Waals surface area contributed by atoms with Crippen molar-refractivity contribution in [1.29, 1.82) is 0 Å². The molecule has 3 rings (SSSR count). The Balaban J connectivity index is 1.85. The summed E-state index contributed by atoms with van der Waals surface area (Å²) in [6, 6.07) is 16.7. The molecule has 154 valence electrons. The molecule has 2 atom stereocenters.